The van der Waals surface area contributed by atoms with Crippen LogP contribution in [-0.4, -0.2) is 60.9 Å². The lowest BCUT2D eigenvalue weighted by Gasteiger charge is -2.26. The molecule has 4 heterocycles. The first-order chi connectivity index (χ1) is 19.8. The summed E-state index contributed by atoms with van der Waals surface area (Å²) in [5, 5.41) is 11.7. The maximum atomic E-state index is 13.6. The van der Waals surface area contributed by atoms with Gasteiger partial charge in [0.2, 0.25) is 0 Å². The van der Waals surface area contributed by atoms with E-state index in [1.165, 1.54) is 4.90 Å². The van der Waals surface area contributed by atoms with E-state index in [1.54, 1.807) is 31.8 Å². The van der Waals surface area contributed by atoms with Crippen LogP contribution in [0.4, 0.5) is 0 Å². The van der Waals surface area contributed by atoms with Crippen molar-refractivity contribution in [3.05, 3.63) is 83.3 Å². The molecule has 3 aromatic heterocycles. The number of carbonyl (C=O) groups excluding carboxylic acids is 2. The molecule has 1 N–H and O–H groups in total. The van der Waals surface area contributed by atoms with Crippen molar-refractivity contribution in [3.63, 3.8) is 0 Å². The molecule has 10 heteroatoms. The molecule has 1 amide bonds. The summed E-state index contributed by atoms with van der Waals surface area (Å²) < 4.78 is 15.3. The predicted octanol–water partition coefficient (Wildman–Crippen LogP) is 4.85. The van der Waals surface area contributed by atoms with Crippen molar-refractivity contribution in [2.75, 3.05) is 20.3 Å². The van der Waals surface area contributed by atoms with Gasteiger partial charge < -0.3 is 28.4 Å². The van der Waals surface area contributed by atoms with E-state index in [2.05, 4.69) is 16.9 Å². The minimum atomic E-state index is -0.832. The average molecular weight is 558 g/mol. The number of imidazole rings is 2. The van der Waals surface area contributed by atoms with E-state index in [0.29, 0.717) is 54.5 Å². The van der Waals surface area contributed by atoms with Gasteiger partial charge in [0.25, 0.3) is 11.7 Å². The number of benzene rings is 1. The number of aryl methyl sites for hydroxylation is 3. The van der Waals surface area contributed by atoms with Gasteiger partial charge in [-0.15, -0.1) is 0 Å². The molecule has 0 spiro atoms. The van der Waals surface area contributed by atoms with Gasteiger partial charge in [-0.2, -0.15) is 0 Å². The third-order valence-corrected chi connectivity index (χ3v) is 7.48. The number of Topliss-reactive ketones (excluding diaryl/α,β-unsaturated/α-hetero) is 1. The Labute approximate surface area is 238 Å². The quantitative estimate of drug-likeness (QED) is 0.121. The van der Waals surface area contributed by atoms with Gasteiger partial charge in [0.15, 0.2) is 17.3 Å². The Hall–Kier alpha value is -4.60. The van der Waals surface area contributed by atoms with Crippen LogP contribution < -0.4 is 9.47 Å². The van der Waals surface area contributed by atoms with Crippen molar-refractivity contribution in [1.82, 2.24) is 23.8 Å². The highest BCUT2D eigenvalue weighted by Gasteiger charge is 2.46. The number of hydrogen-bond donors (Lipinski definition) is 1. The van der Waals surface area contributed by atoms with E-state index in [-0.39, 0.29) is 17.0 Å². The predicted molar refractivity (Wildman–Crippen MR) is 154 cm³/mol. The number of aliphatic hydroxyl groups is 1. The largest absolute Gasteiger partial charge is 0.505 e. The first kappa shape index (κ1) is 27.9. The van der Waals surface area contributed by atoms with E-state index >= 15 is 0 Å². The van der Waals surface area contributed by atoms with Gasteiger partial charge in [0.05, 0.1) is 37.4 Å². The third-order valence-electron chi connectivity index (χ3n) is 7.48. The van der Waals surface area contributed by atoms with Crippen molar-refractivity contribution in [1.29, 1.82) is 0 Å². The Kier molecular flexibility index (Phi) is 8.09. The fourth-order valence-corrected chi connectivity index (χ4v) is 5.27. The summed E-state index contributed by atoms with van der Waals surface area (Å²) in [6.45, 7) is 7.31. The molecular formula is C31H35N5O5. The summed E-state index contributed by atoms with van der Waals surface area (Å²) >= 11 is 0. The molecule has 0 radical (unpaired) electrons. The number of carbonyl (C=O) groups is 2. The van der Waals surface area contributed by atoms with E-state index < -0.39 is 17.7 Å². The Morgan fingerprint density at radius 3 is 2.61 bits per heavy atom. The molecule has 1 aliphatic heterocycles. The van der Waals surface area contributed by atoms with Crippen LogP contribution in [0, 0.1) is 13.8 Å². The summed E-state index contributed by atoms with van der Waals surface area (Å²) in [6, 6.07) is 8.38. The molecule has 0 bridgehead atoms. The summed E-state index contributed by atoms with van der Waals surface area (Å²) in [5.74, 6) is -0.642. The standard InChI is InChI=1S/C31H35N5O5/c1-5-6-17-41-23-11-10-22(18-24(23)40-4)27-25(28(37)26-21(3)35-14-7-9-20(2)30(35)33-26)29(38)31(39)36(27)15-8-13-34-16-12-32-19-34/h7,9-12,14,16,18-19,27,37H,5-6,8,13,15,17H2,1-4H3. The second-order valence-electron chi connectivity index (χ2n) is 10.2. The number of fused-ring (bicyclic) bond motifs is 1. The number of unbranched alkanes of at least 4 members (excludes halogenated alkanes) is 1. The zero-order valence-electron chi connectivity index (χ0n) is 23.8. The van der Waals surface area contributed by atoms with E-state index in [9.17, 15) is 14.7 Å². The number of nitrogens with zero attached hydrogens (tertiary/aromatic N) is 5. The number of ether oxygens (including phenoxy) is 2. The zero-order valence-corrected chi connectivity index (χ0v) is 23.8. The molecular weight excluding hydrogens is 522 g/mol. The lowest BCUT2D eigenvalue weighted by atomic mass is 9.96. The first-order valence-corrected chi connectivity index (χ1v) is 13.8. The number of aliphatic hydroxyl groups excluding tert-OH is 1. The molecule has 10 nitrogen and oxygen atoms in total. The van der Waals surface area contributed by atoms with Crippen LogP contribution in [0.2, 0.25) is 0 Å². The Balaban J connectivity index is 1.59. The van der Waals surface area contributed by atoms with Gasteiger partial charge in [-0.05, 0) is 56.0 Å². The van der Waals surface area contributed by atoms with Gasteiger partial charge in [-0.1, -0.05) is 25.5 Å². The normalized spacial score (nSPS) is 16.6. The monoisotopic (exact) mass is 557 g/mol. The highest BCUT2D eigenvalue weighted by molar-refractivity contribution is 6.46. The Bertz CT molecular complexity index is 1600. The SMILES string of the molecule is CCCCOc1ccc(C2C(=C(O)c3nc4c(C)cccn4c3C)C(=O)C(=O)N2CCCn2ccnc2)cc1OC. The van der Waals surface area contributed by atoms with Crippen LogP contribution >= 0.6 is 0 Å². The molecule has 4 aromatic rings. The maximum Gasteiger partial charge on any atom is 0.295 e. The fraction of sp³-hybridized carbons (Fsp3) is 0.355. The number of amides is 1. The smallest absolute Gasteiger partial charge is 0.295 e. The molecule has 1 atom stereocenters. The number of methoxy groups -OCH3 is 1. The summed E-state index contributed by atoms with van der Waals surface area (Å²) in [6.07, 6.45) is 9.60. The van der Waals surface area contributed by atoms with Gasteiger partial charge in [-0.3, -0.25) is 9.59 Å². The van der Waals surface area contributed by atoms with E-state index in [4.69, 9.17) is 9.47 Å². The minimum absolute atomic E-state index is 0.00324. The van der Waals surface area contributed by atoms with Crippen LogP contribution in [-0.2, 0) is 16.1 Å². The van der Waals surface area contributed by atoms with Crippen molar-refractivity contribution < 1.29 is 24.2 Å². The second kappa shape index (κ2) is 11.9. The van der Waals surface area contributed by atoms with Gasteiger partial charge >= 0.3 is 0 Å². The second-order valence-corrected chi connectivity index (χ2v) is 10.2. The van der Waals surface area contributed by atoms with Crippen molar-refractivity contribution in [2.45, 2.75) is 52.6 Å². The number of ketones is 1. The Morgan fingerprint density at radius 2 is 1.90 bits per heavy atom. The summed E-state index contributed by atoms with van der Waals surface area (Å²) in [4.78, 5) is 37.3. The van der Waals surface area contributed by atoms with Crippen LogP contribution in [0.25, 0.3) is 11.4 Å². The van der Waals surface area contributed by atoms with Gasteiger partial charge in [-0.25, -0.2) is 9.97 Å². The molecule has 1 unspecified atom stereocenters. The summed E-state index contributed by atoms with van der Waals surface area (Å²) in [7, 11) is 1.55. The van der Waals surface area contributed by atoms with Gasteiger partial charge in [0, 0.05) is 31.7 Å². The Morgan fingerprint density at radius 1 is 1.07 bits per heavy atom. The lowest BCUT2D eigenvalue weighted by molar-refractivity contribution is -0.139. The summed E-state index contributed by atoms with van der Waals surface area (Å²) in [5.41, 5.74) is 3.17. The number of hydrogen-bond acceptors (Lipinski definition) is 7. The molecule has 1 aromatic carbocycles. The van der Waals surface area contributed by atoms with Crippen molar-refractivity contribution >= 4 is 23.1 Å². The molecule has 0 saturated carbocycles. The van der Waals surface area contributed by atoms with Crippen LogP contribution in [0.15, 0.2) is 60.8 Å². The number of aromatic nitrogens is 4. The third kappa shape index (κ3) is 5.29. The number of likely N-dealkylation sites (tertiary alicyclic amines) is 1. The van der Waals surface area contributed by atoms with E-state index in [1.807, 2.05) is 53.4 Å². The molecule has 1 saturated heterocycles. The van der Waals surface area contributed by atoms with Crippen molar-refractivity contribution in [2.24, 2.45) is 0 Å². The topological polar surface area (TPSA) is 111 Å². The molecule has 41 heavy (non-hydrogen) atoms. The van der Waals surface area contributed by atoms with Gasteiger partial charge in [0.1, 0.15) is 11.3 Å². The average Bonchev–Trinajstić information content (AvgIpc) is 3.68. The highest BCUT2D eigenvalue weighted by Crippen LogP contribution is 2.42. The first-order valence-electron chi connectivity index (χ1n) is 13.8. The number of pyridine rings is 1. The van der Waals surface area contributed by atoms with Crippen molar-refractivity contribution in [3.8, 4) is 11.5 Å². The maximum absolute atomic E-state index is 13.6. The number of rotatable bonds is 11. The molecule has 214 valence electrons. The van der Waals surface area contributed by atoms with Crippen LogP contribution in [0.3, 0.4) is 0 Å². The zero-order chi connectivity index (χ0) is 29.1. The molecule has 5 rings (SSSR count). The fourth-order valence-electron chi connectivity index (χ4n) is 5.27. The molecule has 0 aliphatic carbocycles. The molecule has 1 fully saturated rings. The highest BCUT2D eigenvalue weighted by atomic mass is 16.5. The van der Waals surface area contributed by atoms with Crippen LogP contribution in [0.1, 0.15) is 54.7 Å². The molecule has 1 aliphatic rings. The lowest BCUT2D eigenvalue weighted by Crippen LogP contribution is -2.31. The van der Waals surface area contributed by atoms with Crippen LogP contribution in [0.5, 0.6) is 11.5 Å². The minimum Gasteiger partial charge on any atom is -0.505 e. The van der Waals surface area contributed by atoms with E-state index in [0.717, 1.165) is 18.4 Å².